The largest absolute Gasteiger partial charge is 0.469 e. The van der Waals surface area contributed by atoms with Gasteiger partial charge in [-0.2, -0.15) is 0 Å². The summed E-state index contributed by atoms with van der Waals surface area (Å²) in [5.74, 6) is -0.472. The number of nitrogens with zero attached hydrogens (tertiary/aromatic N) is 1. The summed E-state index contributed by atoms with van der Waals surface area (Å²) in [6.45, 7) is 6.61. The number of aromatic nitrogens is 1. The second-order valence-electron chi connectivity index (χ2n) is 5.32. The third-order valence-corrected chi connectivity index (χ3v) is 4.79. The lowest BCUT2D eigenvalue weighted by molar-refractivity contribution is -0.145. The van der Waals surface area contributed by atoms with Crippen molar-refractivity contribution in [3.63, 3.8) is 0 Å². The average molecular weight is 318 g/mol. The number of nitrogens with one attached hydrogen (secondary N) is 1. The van der Waals surface area contributed by atoms with Gasteiger partial charge in [-0.15, -0.1) is 11.3 Å². The minimum atomic E-state index is -0.262. The molecular formula is C17H22N2O2S. The first-order valence-corrected chi connectivity index (χ1v) is 8.13. The summed E-state index contributed by atoms with van der Waals surface area (Å²) in [6.07, 6.45) is 0. The summed E-state index contributed by atoms with van der Waals surface area (Å²) in [6, 6.07) is 9.91. The first kappa shape index (κ1) is 16.6. The van der Waals surface area contributed by atoms with Crippen molar-refractivity contribution in [2.45, 2.75) is 33.4 Å². The molecule has 0 bridgehead atoms. The van der Waals surface area contributed by atoms with Crippen molar-refractivity contribution in [1.82, 2.24) is 10.3 Å². The van der Waals surface area contributed by atoms with Crippen LogP contribution >= 0.6 is 11.3 Å². The van der Waals surface area contributed by atoms with Crippen molar-refractivity contribution in [2.75, 3.05) is 7.11 Å². The second-order valence-corrected chi connectivity index (χ2v) is 6.61. The van der Waals surface area contributed by atoms with Crippen LogP contribution in [0.4, 0.5) is 0 Å². The molecule has 0 saturated carbocycles. The predicted molar refractivity (Wildman–Crippen MR) is 88.8 cm³/mol. The number of benzene rings is 1. The van der Waals surface area contributed by atoms with Crippen LogP contribution in [0.1, 0.15) is 34.1 Å². The van der Waals surface area contributed by atoms with Crippen LogP contribution in [0.5, 0.6) is 0 Å². The smallest absolute Gasteiger partial charge is 0.310 e. The van der Waals surface area contributed by atoms with Crippen LogP contribution < -0.4 is 5.32 Å². The quantitative estimate of drug-likeness (QED) is 0.829. The molecule has 1 aromatic carbocycles. The Morgan fingerprint density at radius 1 is 1.32 bits per heavy atom. The molecule has 5 heteroatoms. The first-order valence-electron chi connectivity index (χ1n) is 7.32. The number of rotatable bonds is 6. The topological polar surface area (TPSA) is 51.2 Å². The Morgan fingerprint density at radius 2 is 2.00 bits per heavy atom. The van der Waals surface area contributed by atoms with Crippen LogP contribution in [0.15, 0.2) is 30.3 Å². The van der Waals surface area contributed by atoms with Crippen molar-refractivity contribution in [3.8, 4) is 0 Å². The molecule has 0 aliphatic carbocycles. The number of esters is 1. The van der Waals surface area contributed by atoms with E-state index in [0.29, 0.717) is 6.54 Å². The van der Waals surface area contributed by atoms with E-state index >= 15 is 0 Å². The molecule has 0 saturated heterocycles. The number of hydrogen-bond donors (Lipinski definition) is 1. The van der Waals surface area contributed by atoms with Crippen LogP contribution in [-0.4, -0.2) is 18.1 Å². The van der Waals surface area contributed by atoms with Crippen LogP contribution in [0, 0.1) is 19.8 Å². The molecule has 0 fully saturated rings. The summed E-state index contributed by atoms with van der Waals surface area (Å²) in [5.41, 5.74) is 2.13. The Balaban J connectivity index is 2.18. The van der Waals surface area contributed by atoms with Gasteiger partial charge in [0.2, 0.25) is 0 Å². The minimum absolute atomic E-state index is 0.0875. The third kappa shape index (κ3) is 3.93. The number of thiazole rings is 1. The van der Waals surface area contributed by atoms with E-state index in [-0.39, 0.29) is 17.9 Å². The van der Waals surface area contributed by atoms with Gasteiger partial charge in [0.15, 0.2) is 0 Å². The average Bonchev–Trinajstić information content (AvgIpc) is 2.85. The van der Waals surface area contributed by atoms with Gasteiger partial charge >= 0.3 is 5.97 Å². The number of hydrogen-bond acceptors (Lipinski definition) is 5. The first-order chi connectivity index (χ1) is 10.5. The van der Waals surface area contributed by atoms with Gasteiger partial charge in [-0.05, 0) is 19.4 Å². The highest BCUT2D eigenvalue weighted by molar-refractivity contribution is 7.11. The highest BCUT2D eigenvalue weighted by Crippen LogP contribution is 2.25. The van der Waals surface area contributed by atoms with Crippen molar-refractivity contribution >= 4 is 17.3 Å². The van der Waals surface area contributed by atoms with Gasteiger partial charge < -0.3 is 10.1 Å². The number of methoxy groups -OCH3 is 1. The lowest BCUT2D eigenvalue weighted by atomic mass is 9.94. The molecule has 0 unspecified atom stereocenters. The number of aryl methyl sites for hydroxylation is 2. The van der Waals surface area contributed by atoms with E-state index in [9.17, 15) is 4.79 Å². The van der Waals surface area contributed by atoms with Gasteiger partial charge in [0.05, 0.1) is 23.7 Å². The summed E-state index contributed by atoms with van der Waals surface area (Å²) in [7, 11) is 1.43. The van der Waals surface area contributed by atoms with E-state index < -0.39 is 0 Å². The second kappa shape index (κ2) is 7.51. The zero-order valence-corrected chi connectivity index (χ0v) is 14.2. The van der Waals surface area contributed by atoms with Crippen LogP contribution in [0.2, 0.25) is 0 Å². The van der Waals surface area contributed by atoms with E-state index in [1.165, 1.54) is 12.0 Å². The normalized spacial score (nSPS) is 13.6. The highest BCUT2D eigenvalue weighted by Gasteiger charge is 2.26. The van der Waals surface area contributed by atoms with Crippen LogP contribution in [-0.2, 0) is 16.1 Å². The monoisotopic (exact) mass is 318 g/mol. The van der Waals surface area contributed by atoms with E-state index in [1.54, 1.807) is 11.3 Å². The number of ether oxygens (including phenoxy) is 1. The Bertz CT molecular complexity index is 625. The fourth-order valence-electron chi connectivity index (χ4n) is 2.51. The Hall–Kier alpha value is -1.72. The molecule has 0 spiro atoms. The zero-order chi connectivity index (χ0) is 16.1. The van der Waals surface area contributed by atoms with E-state index in [4.69, 9.17) is 4.74 Å². The van der Waals surface area contributed by atoms with E-state index in [2.05, 4.69) is 10.3 Å². The SMILES string of the molecule is COC(=O)[C@@H](C)[C@@H](NCc1sc(C)nc1C)c1ccccc1. The molecule has 0 aliphatic heterocycles. The lowest BCUT2D eigenvalue weighted by Gasteiger charge is -2.24. The number of carbonyl (C=O) groups excluding carboxylic acids is 1. The fourth-order valence-corrected chi connectivity index (χ4v) is 3.39. The molecule has 1 aromatic heterocycles. The molecule has 1 heterocycles. The molecule has 2 atom stereocenters. The van der Waals surface area contributed by atoms with Crippen molar-refractivity contribution in [2.24, 2.45) is 5.92 Å². The van der Waals surface area contributed by atoms with E-state index in [1.807, 2.05) is 51.1 Å². The molecule has 118 valence electrons. The van der Waals surface area contributed by atoms with Crippen molar-refractivity contribution < 1.29 is 9.53 Å². The van der Waals surface area contributed by atoms with Gasteiger partial charge in [0, 0.05) is 17.5 Å². The Morgan fingerprint density at radius 3 is 2.55 bits per heavy atom. The summed E-state index contributed by atoms with van der Waals surface area (Å²) < 4.78 is 4.91. The van der Waals surface area contributed by atoms with Gasteiger partial charge in [-0.1, -0.05) is 37.3 Å². The number of carbonyl (C=O) groups is 1. The maximum absolute atomic E-state index is 11.9. The minimum Gasteiger partial charge on any atom is -0.469 e. The molecule has 2 rings (SSSR count). The Kier molecular flexibility index (Phi) is 5.69. The van der Waals surface area contributed by atoms with E-state index in [0.717, 1.165) is 16.3 Å². The van der Waals surface area contributed by atoms with Crippen LogP contribution in [0.3, 0.4) is 0 Å². The fraction of sp³-hybridized carbons (Fsp3) is 0.412. The highest BCUT2D eigenvalue weighted by atomic mass is 32.1. The molecule has 0 amide bonds. The molecular weight excluding hydrogens is 296 g/mol. The Labute approximate surface area is 135 Å². The molecule has 22 heavy (non-hydrogen) atoms. The molecule has 0 radical (unpaired) electrons. The molecule has 1 N–H and O–H groups in total. The molecule has 0 aliphatic rings. The molecule has 2 aromatic rings. The lowest BCUT2D eigenvalue weighted by Crippen LogP contribution is -2.31. The zero-order valence-electron chi connectivity index (χ0n) is 13.4. The van der Waals surface area contributed by atoms with Crippen molar-refractivity contribution in [3.05, 3.63) is 51.5 Å². The van der Waals surface area contributed by atoms with Gasteiger partial charge in [-0.25, -0.2) is 4.98 Å². The van der Waals surface area contributed by atoms with Crippen molar-refractivity contribution in [1.29, 1.82) is 0 Å². The van der Waals surface area contributed by atoms with Gasteiger partial charge in [0.25, 0.3) is 0 Å². The summed E-state index contributed by atoms with van der Waals surface area (Å²) >= 11 is 1.69. The summed E-state index contributed by atoms with van der Waals surface area (Å²) in [5, 5.41) is 4.55. The van der Waals surface area contributed by atoms with Gasteiger partial charge in [0.1, 0.15) is 0 Å². The maximum Gasteiger partial charge on any atom is 0.310 e. The predicted octanol–water partition coefficient (Wildman–Crippen LogP) is 3.40. The van der Waals surface area contributed by atoms with Gasteiger partial charge in [-0.3, -0.25) is 4.79 Å². The summed E-state index contributed by atoms with van der Waals surface area (Å²) in [4.78, 5) is 17.6. The van der Waals surface area contributed by atoms with Crippen LogP contribution in [0.25, 0.3) is 0 Å². The molecule has 4 nitrogen and oxygen atoms in total. The standard InChI is InChI=1S/C17H22N2O2S/c1-11(17(20)21-4)16(14-8-6-5-7-9-14)18-10-15-12(2)19-13(3)22-15/h5-9,11,16,18H,10H2,1-4H3/t11-,16+/m0/s1. The maximum atomic E-state index is 11.9. The third-order valence-electron chi connectivity index (χ3n) is 3.71.